The average Bonchev–Trinajstić information content (AvgIpc) is 2.65. The average molecular weight is 305 g/mol. The van der Waals surface area contributed by atoms with Crippen LogP contribution in [0.2, 0.25) is 0 Å². The Hall–Kier alpha value is 0.100. The number of rotatable bonds is 7. The predicted molar refractivity (Wildman–Crippen MR) is 75.9 cm³/mol. The van der Waals surface area contributed by atoms with Gasteiger partial charge in [0.2, 0.25) is 0 Å². The Morgan fingerprint density at radius 2 is 2.31 bits per heavy atom. The maximum Gasteiger partial charge on any atom is 0.0701 e. The molecule has 1 heterocycles. The van der Waals surface area contributed by atoms with Gasteiger partial charge < -0.3 is 5.73 Å². The summed E-state index contributed by atoms with van der Waals surface area (Å²) in [6.45, 7) is 3.97. The normalized spacial score (nSPS) is 13.3. The molecule has 1 aromatic heterocycles. The standard InChI is InChI=1S/C12H21BrN2S/c1-3-4-5-11(7-14)15(2)8-10-6-12(13)16-9-10/h6,9,11H,3-5,7-8,14H2,1-2H3. The van der Waals surface area contributed by atoms with Gasteiger partial charge in [0.25, 0.3) is 0 Å². The first kappa shape index (κ1) is 14.2. The molecule has 0 spiro atoms. The fraction of sp³-hybridized carbons (Fsp3) is 0.667. The van der Waals surface area contributed by atoms with Gasteiger partial charge in [0.15, 0.2) is 0 Å². The van der Waals surface area contributed by atoms with E-state index in [1.54, 1.807) is 11.3 Å². The zero-order chi connectivity index (χ0) is 12.0. The van der Waals surface area contributed by atoms with Crippen LogP contribution in [-0.2, 0) is 6.54 Å². The van der Waals surface area contributed by atoms with E-state index in [1.165, 1.54) is 28.6 Å². The molecule has 0 bridgehead atoms. The smallest absolute Gasteiger partial charge is 0.0701 e. The monoisotopic (exact) mass is 304 g/mol. The molecule has 0 saturated carbocycles. The number of hydrogen-bond acceptors (Lipinski definition) is 3. The number of likely N-dealkylation sites (N-methyl/N-ethyl adjacent to an activating group) is 1. The Kier molecular flexibility index (Phi) is 6.58. The van der Waals surface area contributed by atoms with Gasteiger partial charge in [-0.2, -0.15) is 0 Å². The van der Waals surface area contributed by atoms with Gasteiger partial charge in [-0.3, -0.25) is 4.90 Å². The van der Waals surface area contributed by atoms with Crippen LogP contribution in [0.15, 0.2) is 15.2 Å². The molecule has 1 atom stereocenters. The van der Waals surface area contributed by atoms with Crippen LogP contribution in [0.3, 0.4) is 0 Å². The molecule has 0 radical (unpaired) electrons. The molecule has 0 saturated heterocycles. The molecule has 0 amide bonds. The molecule has 1 unspecified atom stereocenters. The quantitative estimate of drug-likeness (QED) is 0.836. The van der Waals surface area contributed by atoms with Gasteiger partial charge in [0, 0.05) is 19.1 Å². The van der Waals surface area contributed by atoms with Crippen LogP contribution in [0, 0.1) is 0 Å². The second-order valence-electron chi connectivity index (χ2n) is 4.21. The molecular weight excluding hydrogens is 284 g/mol. The van der Waals surface area contributed by atoms with Gasteiger partial charge in [-0.25, -0.2) is 0 Å². The minimum atomic E-state index is 0.513. The highest BCUT2D eigenvalue weighted by atomic mass is 79.9. The van der Waals surface area contributed by atoms with Gasteiger partial charge in [-0.15, -0.1) is 11.3 Å². The number of unbranched alkanes of at least 4 members (excludes halogenated alkanes) is 1. The lowest BCUT2D eigenvalue weighted by molar-refractivity contribution is 0.224. The summed E-state index contributed by atoms with van der Waals surface area (Å²) in [7, 11) is 2.17. The van der Waals surface area contributed by atoms with Gasteiger partial charge in [0.05, 0.1) is 3.79 Å². The summed E-state index contributed by atoms with van der Waals surface area (Å²) < 4.78 is 1.20. The molecule has 2 nitrogen and oxygen atoms in total. The van der Waals surface area contributed by atoms with Crippen molar-refractivity contribution in [3.8, 4) is 0 Å². The molecule has 0 aliphatic heterocycles. The van der Waals surface area contributed by atoms with Gasteiger partial charge >= 0.3 is 0 Å². The highest BCUT2D eigenvalue weighted by molar-refractivity contribution is 9.11. The first-order valence-electron chi connectivity index (χ1n) is 5.80. The maximum atomic E-state index is 5.82. The minimum Gasteiger partial charge on any atom is -0.329 e. The van der Waals surface area contributed by atoms with Crippen molar-refractivity contribution < 1.29 is 0 Å². The molecule has 0 aliphatic carbocycles. The van der Waals surface area contributed by atoms with Crippen LogP contribution >= 0.6 is 27.3 Å². The fourth-order valence-electron chi connectivity index (χ4n) is 1.80. The summed E-state index contributed by atoms with van der Waals surface area (Å²) in [4.78, 5) is 2.37. The summed E-state index contributed by atoms with van der Waals surface area (Å²) in [5, 5.41) is 2.20. The summed E-state index contributed by atoms with van der Waals surface area (Å²) in [5.74, 6) is 0. The van der Waals surface area contributed by atoms with Crippen LogP contribution in [0.4, 0.5) is 0 Å². The number of hydrogen-bond donors (Lipinski definition) is 1. The van der Waals surface area contributed by atoms with E-state index in [4.69, 9.17) is 5.73 Å². The molecule has 2 N–H and O–H groups in total. The van der Waals surface area contributed by atoms with Crippen molar-refractivity contribution in [1.29, 1.82) is 0 Å². The maximum absolute atomic E-state index is 5.82. The van der Waals surface area contributed by atoms with Crippen LogP contribution in [-0.4, -0.2) is 24.5 Å². The van der Waals surface area contributed by atoms with Gasteiger partial charge in [-0.1, -0.05) is 19.8 Å². The number of nitrogens with two attached hydrogens (primary N) is 1. The Balaban J connectivity index is 2.45. The summed E-state index contributed by atoms with van der Waals surface area (Å²) in [6.07, 6.45) is 3.71. The van der Waals surface area contributed by atoms with Crippen molar-refractivity contribution in [2.45, 2.75) is 38.8 Å². The third-order valence-electron chi connectivity index (χ3n) is 2.84. The second kappa shape index (κ2) is 7.43. The SMILES string of the molecule is CCCCC(CN)N(C)Cc1csc(Br)c1. The van der Waals surface area contributed by atoms with Gasteiger partial charge in [-0.05, 0) is 46.4 Å². The summed E-state index contributed by atoms with van der Waals surface area (Å²) in [6, 6.07) is 2.70. The van der Waals surface area contributed by atoms with E-state index in [2.05, 4.69) is 46.2 Å². The van der Waals surface area contributed by atoms with E-state index in [0.717, 1.165) is 13.1 Å². The van der Waals surface area contributed by atoms with Crippen LogP contribution in [0.25, 0.3) is 0 Å². The number of nitrogens with zero attached hydrogens (tertiary/aromatic N) is 1. The topological polar surface area (TPSA) is 29.3 Å². The molecule has 1 aromatic rings. The predicted octanol–water partition coefficient (Wildman–Crippen LogP) is 3.46. The molecule has 0 fully saturated rings. The third kappa shape index (κ3) is 4.53. The molecule has 0 aromatic carbocycles. The van der Waals surface area contributed by atoms with Gasteiger partial charge in [0.1, 0.15) is 0 Å². The van der Waals surface area contributed by atoms with Crippen LogP contribution in [0.5, 0.6) is 0 Å². The molecule has 4 heteroatoms. The van der Waals surface area contributed by atoms with E-state index in [0.29, 0.717) is 6.04 Å². The van der Waals surface area contributed by atoms with Crippen molar-refractivity contribution >= 4 is 27.3 Å². The Morgan fingerprint density at radius 3 is 2.81 bits per heavy atom. The highest BCUT2D eigenvalue weighted by Crippen LogP contribution is 2.22. The third-order valence-corrected chi connectivity index (χ3v) is 4.39. The van der Waals surface area contributed by atoms with E-state index in [-0.39, 0.29) is 0 Å². The van der Waals surface area contributed by atoms with Crippen molar-refractivity contribution in [3.63, 3.8) is 0 Å². The Morgan fingerprint density at radius 1 is 1.56 bits per heavy atom. The largest absolute Gasteiger partial charge is 0.329 e. The molecule has 1 rings (SSSR count). The lowest BCUT2D eigenvalue weighted by Crippen LogP contribution is -2.37. The fourth-order valence-corrected chi connectivity index (χ4v) is 3.00. The Bertz CT molecular complexity index is 301. The highest BCUT2D eigenvalue weighted by Gasteiger charge is 2.13. The van der Waals surface area contributed by atoms with Crippen molar-refractivity contribution in [2.24, 2.45) is 5.73 Å². The summed E-state index contributed by atoms with van der Waals surface area (Å²) >= 11 is 5.24. The van der Waals surface area contributed by atoms with E-state index >= 15 is 0 Å². The van der Waals surface area contributed by atoms with Crippen LogP contribution < -0.4 is 5.73 Å². The van der Waals surface area contributed by atoms with Crippen molar-refractivity contribution in [2.75, 3.05) is 13.6 Å². The molecular formula is C12H21BrN2S. The van der Waals surface area contributed by atoms with Crippen LogP contribution in [0.1, 0.15) is 31.7 Å². The first-order valence-corrected chi connectivity index (χ1v) is 7.47. The molecule has 0 aliphatic rings. The first-order chi connectivity index (χ1) is 7.67. The van der Waals surface area contributed by atoms with E-state index in [9.17, 15) is 0 Å². The van der Waals surface area contributed by atoms with E-state index < -0.39 is 0 Å². The molecule has 92 valence electrons. The zero-order valence-corrected chi connectivity index (χ0v) is 12.5. The second-order valence-corrected chi connectivity index (χ2v) is 6.50. The minimum absolute atomic E-state index is 0.513. The van der Waals surface area contributed by atoms with Crippen molar-refractivity contribution in [3.05, 3.63) is 20.8 Å². The zero-order valence-electron chi connectivity index (χ0n) is 10.1. The van der Waals surface area contributed by atoms with E-state index in [1.807, 2.05) is 0 Å². The number of thiophene rings is 1. The lowest BCUT2D eigenvalue weighted by atomic mass is 10.1. The number of halogens is 1. The molecule has 16 heavy (non-hydrogen) atoms. The lowest BCUT2D eigenvalue weighted by Gasteiger charge is -2.26. The summed E-state index contributed by atoms with van der Waals surface area (Å²) in [5.41, 5.74) is 7.19. The van der Waals surface area contributed by atoms with Crippen molar-refractivity contribution in [1.82, 2.24) is 4.90 Å². The Labute approximate surface area is 111 Å².